The summed E-state index contributed by atoms with van der Waals surface area (Å²) in [5, 5.41) is 14.5. The number of carbonyl (C=O) groups excluding carboxylic acids is 1. The summed E-state index contributed by atoms with van der Waals surface area (Å²) in [5.41, 5.74) is 1.66. The zero-order valence-electron chi connectivity index (χ0n) is 14.6. The minimum absolute atomic E-state index is 0.00809. The van der Waals surface area contributed by atoms with E-state index in [1.807, 2.05) is 30.3 Å². The third-order valence-corrected chi connectivity index (χ3v) is 3.85. The lowest BCUT2D eigenvalue weighted by Crippen LogP contribution is -2.43. The van der Waals surface area contributed by atoms with Gasteiger partial charge in [0.2, 0.25) is 0 Å². The van der Waals surface area contributed by atoms with E-state index in [1.165, 1.54) is 0 Å². The Kier molecular flexibility index (Phi) is 7.42. The first-order valence-corrected chi connectivity index (χ1v) is 8.36. The number of hydrogen-bond donors (Lipinski definition) is 3. The highest BCUT2D eigenvalue weighted by Gasteiger charge is 2.15. The molecule has 0 aliphatic rings. The summed E-state index contributed by atoms with van der Waals surface area (Å²) in [5.74, 6) is -0.289. The number of urea groups is 1. The molecule has 0 fully saturated rings. The summed E-state index contributed by atoms with van der Waals surface area (Å²) in [6, 6.07) is 12.5. The molecule has 7 heteroatoms. The molecule has 26 heavy (non-hydrogen) atoms. The second kappa shape index (κ2) is 10.0. The van der Waals surface area contributed by atoms with Gasteiger partial charge in [0.15, 0.2) is 0 Å². The largest absolute Gasteiger partial charge is 0.495 e. The van der Waals surface area contributed by atoms with Gasteiger partial charge < -0.3 is 20.5 Å². The van der Waals surface area contributed by atoms with Crippen molar-refractivity contribution in [2.24, 2.45) is 0 Å². The van der Waals surface area contributed by atoms with Crippen molar-refractivity contribution in [3.8, 4) is 5.75 Å². The van der Waals surface area contributed by atoms with Crippen LogP contribution in [0.1, 0.15) is 24.1 Å². The van der Waals surface area contributed by atoms with Crippen LogP contribution in [0.2, 0.25) is 0 Å². The molecule has 7 nitrogen and oxygen atoms in total. The SMILES string of the molecule is COc1cccnc1CNC(=O)NC(CCC(=O)O)Cc1ccccc1. The van der Waals surface area contributed by atoms with E-state index in [4.69, 9.17) is 9.84 Å². The first kappa shape index (κ1) is 19.2. The summed E-state index contributed by atoms with van der Waals surface area (Å²) in [6.07, 6.45) is 2.54. The Labute approximate surface area is 152 Å². The Morgan fingerprint density at radius 2 is 1.96 bits per heavy atom. The van der Waals surface area contributed by atoms with Gasteiger partial charge >= 0.3 is 12.0 Å². The number of methoxy groups -OCH3 is 1. The molecule has 0 bridgehead atoms. The van der Waals surface area contributed by atoms with Gasteiger partial charge in [-0.05, 0) is 30.5 Å². The lowest BCUT2D eigenvalue weighted by molar-refractivity contribution is -0.137. The summed E-state index contributed by atoms with van der Waals surface area (Å²) in [6.45, 7) is 0.215. The fourth-order valence-electron chi connectivity index (χ4n) is 2.56. The predicted molar refractivity (Wildman–Crippen MR) is 97.0 cm³/mol. The molecule has 2 amide bonds. The van der Waals surface area contributed by atoms with Gasteiger partial charge in [-0.2, -0.15) is 0 Å². The van der Waals surface area contributed by atoms with Gasteiger partial charge in [0.25, 0.3) is 0 Å². The number of benzene rings is 1. The number of aliphatic carboxylic acids is 1. The molecular formula is C19H23N3O4. The molecular weight excluding hydrogens is 334 g/mol. The van der Waals surface area contributed by atoms with Crippen molar-refractivity contribution >= 4 is 12.0 Å². The molecule has 1 unspecified atom stereocenters. The van der Waals surface area contributed by atoms with Crippen molar-refractivity contribution in [2.45, 2.75) is 31.8 Å². The first-order chi connectivity index (χ1) is 12.6. The highest BCUT2D eigenvalue weighted by molar-refractivity contribution is 5.74. The van der Waals surface area contributed by atoms with Crippen LogP contribution in [0, 0.1) is 0 Å². The van der Waals surface area contributed by atoms with Crippen LogP contribution in [-0.2, 0) is 17.8 Å². The molecule has 2 aromatic rings. The first-order valence-electron chi connectivity index (χ1n) is 8.36. The third-order valence-electron chi connectivity index (χ3n) is 3.85. The summed E-state index contributed by atoms with van der Waals surface area (Å²) < 4.78 is 5.20. The van der Waals surface area contributed by atoms with E-state index in [0.717, 1.165) is 5.56 Å². The Bertz CT molecular complexity index is 722. The molecule has 2 rings (SSSR count). The average molecular weight is 357 g/mol. The maximum absolute atomic E-state index is 12.2. The maximum Gasteiger partial charge on any atom is 0.315 e. The van der Waals surface area contributed by atoms with Crippen LogP contribution in [-0.4, -0.2) is 35.2 Å². The Balaban J connectivity index is 1.93. The zero-order chi connectivity index (χ0) is 18.8. The van der Waals surface area contributed by atoms with E-state index in [-0.39, 0.29) is 25.0 Å². The lowest BCUT2D eigenvalue weighted by Gasteiger charge is -2.19. The van der Waals surface area contributed by atoms with Gasteiger partial charge in [0.1, 0.15) is 11.4 Å². The Hall–Kier alpha value is -3.09. The van der Waals surface area contributed by atoms with Gasteiger partial charge in [0.05, 0.1) is 13.7 Å². The number of amides is 2. The Morgan fingerprint density at radius 1 is 1.19 bits per heavy atom. The molecule has 0 saturated heterocycles. The summed E-state index contributed by atoms with van der Waals surface area (Å²) in [4.78, 5) is 27.3. The van der Waals surface area contributed by atoms with Gasteiger partial charge in [-0.3, -0.25) is 9.78 Å². The molecule has 1 atom stereocenters. The number of rotatable bonds is 9. The van der Waals surface area contributed by atoms with Gasteiger partial charge in [0, 0.05) is 18.7 Å². The van der Waals surface area contributed by atoms with E-state index in [9.17, 15) is 9.59 Å². The standard InChI is InChI=1S/C19H23N3O4/c1-26-17-8-5-11-20-16(17)13-21-19(25)22-15(9-10-18(23)24)12-14-6-3-2-4-7-14/h2-8,11,15H,9-10,12-13H2,1H3,(H,23,24)(H2,21,22,25). The van der Waals surface area contributed by atoms with Crippen LogP contribution in [0.15, 0.2) is 48.7 Å². The molecule has 0 aliphatic heterocycles. The van der Waals surface area contributed by atoms with Crippen molar-refractivity contribution in [1.29, 1.82) is 0 Å². The maximum atomic E-state index is 12.2. The van der Waals surface area contributed by atoms with Crippen molar-refractivity contribution in [2.75, 3.05) is 7.11 Å². The number of aromatic nitrogens is 1. The number of carboxylic acids is 1. The lowest BCUT2D eigenvalue weighted by atomic mass is 10.0. The molecule has 1 heterocycles. The highest BCUT2D eigenvalue weighted by atomic mass is 16.5. The second-order valence-corrected chi connectivity index (χ2v) is 5.80. The number of hydrogen-bond acceptors (Lipinski definition) is 4. The quantitative estimate of drug-likeness (QED) is 0.640. The molecule has 3 N–H and O–H groups in total. The number of carboxylic acid groups (broad SMARTS) is 1. The number of carbonyl (C=O) groups is 2. The molecule has 0 saturated carbocycles. The van der Waals surface area contributed by atoms with E-state index in [1.54, 1.807) is 25.4 Å². The van der Waals surface area contributed by atoms with E-state index < -0.39 is 5.97 Å². The van der Waals surface area contributed by atoms with Crippen LogP contribution in [0.3, 0.4) is 0 Å². The summed E-state index contributed by atoms with van der Waals surface area (Å²) >= 11 is 0. The van der Waals surface area contributed by atoms with Crippen molar-refractivity contribution in [1.82, 2.24) is 15.6 Å². The summed E-state index contributed by atoms with van der Waals surface area (Å²) in [7, 11) is 1.54. The van der Waals surface area contributed by atoms with Crippen LogP contribution >= 0.6 is 0 Å². The monoisotopic (exact) mass is 357 g/mol. The van der Waals surface area contributed by atoms with Crippen LogP contribution in [0.4, 0.5) is 4.79 Å². The number of nitrogens with zero attached hydrogens (tertiary/aromatic N) is 1. The minimum Gasteiger partial charge on any atom is -0.495 e. The molecule has 1 aromatic carbocycles. The van der Waals surface area contributed by atoms with Crippen LogP contribution in [0.5, 0.6) is 5.75 Å². The number of pyridine rings is 1. The van der Waals surface area contributed by atoms with Crippen molar-refractivity contribution in [3.05, 3.63) is 59.9 Å². The molecule has 0 spiro atoms. The Morgan fingerprint density at radius 3 is 2.65 bits per heavy atom. The number of nitrogens with one attached hydrogen (secondary N) is 2. The predicted octanol–water partition coefficient (Wildman–Crippen LogP) is 2.37. The van der Waals surface area contributed by atoms with Gasteiger partial charge in [-0.1, -0.05) is 30.3 Å². The topological polar surface area (TPSA) is 101 Å². The van der Waals surface area contributed by atoms with Gasteiger partial charge in [-0.15, -0.1) is 0 Å². The second-order valence-electron chi connectivity index (χ2n) is 5.80. The minimum atomic E-state index is -0.886. The fraction of sp³-hybridized carbons (Fsp3) is 0.316. The van der Waals surface area contributed by atoms with Gasteiger partial charge in [-0.25, -0.2) is 4.79 Å². The van der Waals surface area contributed by atoms with Crippen molar-refractivity contribution < 1.29 is 19.4 Å². The molecule has 0 aliphatic carbocycles. The molecule has 1 aromatic heterocycles. The normalized spacial score (nSPS) is 11.4. The van der Waals surface area contributed by atoms with E-state index >= 15 is 0 Å². The van der Waals surface area contributed by atoms with Crippen LogP contribution in [0.25, 0.3) is 0 Å². The zero-order valence-corrected chi connectivity index (χ0v) is 14.6. The fourth-order valence-corrected chi connectivity index (χ4v) is 2.56. The van der Waals surface area contributed by atoms with E-state index in [0.29, 0.717) is 24.3 Å². The highest BCUT2D eigenvalue weighted by Crippen LogP contribution is 2.14. The van der Waals surface area contributed by atoms with Crippen LogP contribution < -0.4 is 15.4 Å². The smallest absolute Gasteiger partial charge is 0.315 e. The van der Waals surface area contributed by atoms with Crippen molar-refractivity contribution in [3.63, 3.8) is 0 Å². The molecule has 0 radical (unpaired) electrons. The van der Waals surface area contributed by atoms with E-state index in [2.05, 4.69) is 15.6 Å². The average Bonchev–Trinajstić information content (AvgIpc) is 2.65. The number of ether oxygens (including phenoxy) is 1. The molecule has 138 valence electrons. The third kappa shape index (κ3) is 6.43.